The predicted octanol–water partition coefficient (Wildman–Crippen LogP) is 4.74. The average Bonchev–Trinajstić information content (AvgIpc) is 3.70. The maximum absolute atomic E-state index is 13.9. The van der Waals surface area contributed by atoms with Crippen molar-refractivity contribution in [3.8, 4) is 0 Å². The molecular formula is C45H54N10O6S. The molecule has 2 amide bonds. The molecule has 3 aromatic heterocycles. The third kappa shape index (κ3) is 7.20. The van der Waals surface area contributed by atoms with Gasteiger partial charge in [-0.2, -0.15) is 9.29 Å². The molecule has 1 atom stereocenters. The molecule has 0 radical (unpaired) electrons. The van der Waals surface area contributed by atoms with Crippen LogP contribution < -0.4 is 26.8 Å². The molecule has 1 spiro atoms. The molecule has 6 heterocycles. The van der Waals surface area contributed by atoms with Crippen LogP contribution in [-0.2, 0) is 26.7 Å². The van der Waals surface area contributed by atoms with Crippen LogP contribution in [0.1, 0.15) is 88.3 Å². The van der Waals surface area contributed by atoms with Crippen molar-refractivity contribution >= 4 is 61.2 Å². The first kappa shape index (κ1) is 40.7. The van der Waals surface area contributed by atoms with Gasteiger partial charge in [-0.3, -0.25) is 38.3 Å². The summed E-state index contributed by atoms with van der Waals surface area (Å²) in [5, 5.41) is 6.47. The first-order valence-electron chi connectivity index (χ1n) is 22.2. The van der Waals surface area contributed by atoms with E-state index in [-0.39, 0.29) is 40.1 Å². The van der Waals surface area contributed by atoms with Gasteiger partial charge in [0, 0.05) is 81.1 Å². The summed E-state index contributed by atoms with van der Waals surface area (Å²) in [6, 6.07) is 13.8. The van der Waals surface area contributed by atoms with Crippen molar-refractivity contribution in [2.24, 2.45) is 13.0 Å². The second kappa shape index (κ2) is 15.8. The van der Waals surface area contributed by atoms with E-state index in [1.54, 1.807) is 61.6 Å². The number of amides is 2. The molecule has 5 aromatic rings. The van der Waals surface area contributed by atoms with E-state index in [4.69, 9.17) is 4.98 Å². The summed E-state index contributed by atoms with van der Waals surface area (Å²) in [4.78, 5) is 65.6. The Morgan fingerprint density at radius 1 is 0.903 bits per heavy atom. The number of rotatable bonds is 10. The number of benzene rings is 2. The minimum Gasteiger partial charge on any atom is -0.367 e. The number of fused-ring (bicyclic) bond motifs is 2. The van der Waals surface area contributed by atoms with Crippen LogP contribution in [0.4, 0.5) is 17.3 Å². The molecule has 2 saturated carbocycles. The van der Waals surface area contributed by atoms with Crippen LogP contribution in [0, 0.1) is 12.8 Å². The van der Waals surface area contributed by atoms with E-state index in [9.17, 15) is 27.6 Å². The van der Waals surface area contributed by atoms with Crippen molar-refractivity contribution in [2.75, 3.05) is 49.5 Å². The number of sulfonamides is 1. The highest BCUT2D eigenvalue weighted by atomic mass is 32.2. The van der Waals surface area contributed by atoms with Crippen LogP contribution in [-0.4, -0.2) is 97.9 Å². The van der Waals surface area contributed by atoms with Gasteiger partial charge in [0.25, 0.3) is 5.56 Å². The highest BCUT2D eigenvalue weighted by molar-refractivity contribution is 7.89. The number of piperidine rings is 2. The van der Waals surface area contributed by atoms with E-state index in [0.717, 1.165) is 106 Å². The predicted molar refractivity (Wildman–Crippen MR) is 236 cm³/mol. The zero-order chi connectivity index (χ0) is 42.9. The number of hydrogen-bond acceptors (Lipinski definition) is 11. The molecule has 2 aliphatic carbocycles. The smallest absolute Gasteiger partial charge is 0.329 e. The van der Waals surface area contributed by atoms with Gasteiger partial charge >= 0.3 is 5.69 Å². The monoisotopic (exact) mass is 862 g/mol. The number of imide groups is 1. The van der Waals surface area contributed by atoms with Crippen molar-refractivity contribution in [3.05, 3.63) is 81.1 Å². The van der Waals surface area contributed by atoms with E-state index in [2.05, 4.69) is 31.5 Å². The Balaban J connectivity index is 0.756. The average molecular weight is 863 g/mol. The normalized spacial score (nSPS) is 21.6. The SMILES string of the molecule is Cc1cc(S(=O)(=O)N2CCC(CCN3CCN(c4cccc5c4n(C)c(=O)n5C4CCC(=O)NC4=O)CC34CC4)CC2)ccc1Nc1ncc2ccc(=O)n(C3CCCC3)c2n1. The number of carbonyl (C=O) groups excluding carboxylic acids is 2. The van der Waals surface area contributed by atoms with Gasteiger partial charge in [-0.25, -0.2) is 18.2 Å². The molecule has 326 valence electrons. The Kier molecular flexibility index (Phi) is 10.3. The Bertz CT molecular complexity index is 2830. The topological polar surface area (TPSA) is 177 Å². The van der Waals surface area contributed by atoms with Crippen molar-refractivity contribution in [2.45, 2.75) is 100 Å². The molecule has 2 aromatic carbocycles. The van der Waals surface area contributed by atoms with Gasteiger partial charge in [0.2, 0.25) is 27.8 Å². The molecule has 5 aliphatic rings. The fraction of sp³-hybridized carbons (Fsp3) is 0.511. The number of nitrogens with zero attached hydrogens (tertiary/aromatic N) is 8. The van der Waals surface area contributed by atoms with Crippen LogP contribution in [0.5, 0.6) is 0 Å². The first-order chi connectivity index (χ1) is 29.9. The number of aromatic nitrogens is 5. The first-order valence-corrected chi connectivity index (χ1v) is 23.6. The standard InChI is InChI=1S/C45H54N10O6S/c1-29-26-33(11-12-34(29)47-43-46-27-31-10-15-39(57)54(41(31)49-43)32-6-3-4-7-32)62(60,61)53-22-17-30(18-23-53)16-21-52-25-24-51(28-45(52)19-20-45)35-8-5-9-36-40(35)50(2)44(59)55(36)37-13-14-38(56)48-42(37)58/h5,8-12,15,26-27,30,32,37H,3-4,6-7,13-14,16-25,28H2,1-2H3,(H,46,47,49)(H,48,56,58). The van der Waals surface area contributed by atoms with E-state index in [0.29, 0.717) is 48.2 Å². The molecule has 1 unspecified atom stereocenters. The summed E-state index contributed by atoms with van der Waals surface area (Å²) in [5.41, 5.74) is 4.32. The number of piperazine rings is 1. The zero-order valence-corrected chi connectivity index (χ0v) is 36.2. The Hall–Kier alpha value is -5.39. The van der Waals surface area contributed by atoms with Gasteiger partial charge in [0.1, 0.15) is 11.7 Å². The van der Waals surface area contributed by atoms with Gasteiger partial charge in [0.15, 0.2) is 0 Å². The van der Waals surface area contributed by atoms with Crippen molar-refractivity contribution in [1.82, 2.24) is 38.2 Å². The third-order valence-electron chi connectivity index (χ3n) is 14.4. The van der Waals surface area contributed by atoms with Crippen LogP contribution >= 0.6 is 0 Å². The number of anilines is 3. The molecule has 5 fully saturated rings. The van der Waals surface area contributed by atoms with Crippen LogP contribution in [0.15, 0.2) is 69.2 Å². The lowest BCUT2D eigenvalue weighted by atomic mass is 9.94. The maximum atomic E-state index is 13.9. The summed E-state index contributed by atoms with van der Waals surface area (Å²) < 4.78 is 34.5. The summed E-state index contributed by atoms with van der Waals surface area (Å²) in [6.07, 6.45) is 11.2. The number of nitrogens with one attached hydrogen (secondary N) is 2. The van der Waals surface area contributed by atoms with Crippen molar-refractivity contribution < 1.29 is 18.0 Å². The second-order valence-electron chi connectivity index (χ2n) is 18.1. The summed E-state index contributed by atoms with van der Waals surface area (Å²) in [7, 11) is -1.93. The lowest BCUT2D eigenvalue weighted by molar-refractivity contribution is -0.135. The minimum atomic E-state index is -3.69. The molecule has 10 rings (SSSR count). The van der Waals surface area contributed by atoms with Crippen molar-refractivity contribution in [3.63, 3.8) is 0 Å². The van der Waals surface area contributed by atoms with Crippen LogP contribution in [0.2, 0.25) is 0 Å². The molecule has 3 aliphatic heterocycles. The Morgan fingerprint density at radius 2 is 1.69 bits per heavy atom. The van der Waals surface area contributed by atoms with Crippen LogP contribution in [0.3, 0.4) is 0 Å². The summed E-state index contributed by atoms with van der Waals surface area (Å²) in [5.74, 6) is 0.0505. The molecule has 16 nitrogen and oxygen atoms in total. The van der Waals surface area contributed by atoms with Gasteiger partial charge in [-0.1, -0.05) is 18.9 Å². The number of aryl methyl sites for hydroxylation is 2. The van der Waals surface area contributed by atoms with Crippen LogP contribution in [0.25, 0.3) is 22.1 Å². The lowest BCUT2D eigenvalue weighted by Crippen LogP contribution is -2.55. The highest BCUT2D eigenvalue weighted by Crippen LogP contribution is 2.46. The molecule has 62 heavy (non-hydrogen) atoms. The van der Waals surface area contributed by atoms with E-state index < -0.39 is 22.0 Å². The number of hydrogen-bond donors (Lipinski definition) is 2. The molecule has 2 N–H and O–H groups in total. The van der Waals surface area contributed by atoms with E-state index in [1.165, 1.54) is 0 Å². The number of para-hydroxylation sites is 1. The highest BCUT2D eigenvalue weighted by Gasteiger charge is 2.51. The number of imidazole rings is 1. The van der Waals surface area contributed by atoms with Gasteiger partial charge < -0.3 is 10.2 Å². The Morgan fingerprint density at radius 3 is 2.44 bits per heavy atom. The molecule has 0 bridgehead atoms. The minimum absolute atomic E-state index is 0.0600. The lowest BCUT2D eigenvalue weighted by Gasteiger charge is -2.44. The maximum Gasteiger partial charge on any atom is 0.329 e. The molecule has 17 heteroatoms. The third-order valence-corrected chi connectivity index (χ3v) is 16.3. The van der Waals surface area contributed by atoms with Gasteiger partial charge in [-0.15, -0.1) is 0 Å². The van der Waals surface area contributed by atoms with E-state index in [1.807, 2.05) is 19.1 Å². The Labute approximate surface area is 360 Å². The number of carbonyl (C=O) groups is 2. The quantitative estimate of drug-likeness (QED) is 0.186. The number of pyridine rings is 1. The summed E-state index contributed by atoms with van der Waals surface area (Å²) in [6.45, 7) is 6.36. The largest absolute Gasteiger partial charge is 0.367 e. The zero-order valence-electron chi connectivity index (χ0n) is 35.4. The molecular weight excluding hydrogens is 809 g/mol. The summed E-state index contributed by atoms with van der Waals surface area (Å²) >= 11 is 0. The second-order valence-corrected chi connectivity index (χ2v) is 20.1. The van der Waals surface area contributed by atoms with Gasteiger partial charge in [-0.05, 0) is 113 Å². The fourth-order valence-corrected chi connectivity index (χ4v) is 12.2. The van der Waals surface area contributed by atoms with Crippen molar-refractivity contribution in [1.29, 1.82) is 0 Å². The van der Waals surface area contributed by atoms with E-state index >= 15 is 0 Å². The van der Waals surface area contributed by atoms with Gasteiger partial charge in [0.05, 0.1) is 21.6 Å². The molecule has 3 saturated heterocycles. The fourth-order valence-electron chi connectivity index (χ4n) is 10.7.